The Hall–Kier alpha value is -1.51. The molecule has 0 aliphatic heterocycles. The Morgan fingerprint density at radius 2 is 1.81 bits per heavy atom. The molecule has 2 aromatic carbocycles. The van der Waals surface area contributed by atoms with E-state index in [1.54, 1.807) is 0 Å². The molecule has 0 fully saturated rings. The fraction of sp³-hybridized carbons (Fsp3) is 0.333. The van der Waals surface area contributed by atoms with Crippen molar-refractivity contribution in [2.75, 3.05) is 13.2 Å². The molecule has 0 heterocycles. The molecule has 2 nitrogen and oxygen atoms in total. The molecule has 21 heavy (non-hydrogen) atoms. The summed E-state index contributed by atoms with van der Waals surface area (Å²) in [5, 5.41) is 4.28. The van der Waals surface area contributed by atoms with E-state index in [9.17, 15) is 0 Å². The average Bonchev–Trinajstić information content (AvgIpc) is 2.52. The lowest BCUT2D eigenvalue weighted by molar-refractivity contribution is 0.317. The molecule has 0 saturated carbocycles. The minimum Gasteiger partial charge on any atom is -0.494 e. The van der Waals surface area contributed by atoms with Crippen LogP contribution in [-0.2, 0) is 0 Å². The first-order valence-electron chi connectivity index (χ1n) is 7.46. The van der Waals surface area contributed by atoms with Crippen molar-refractivity contribution in [3.05, 3.63) is 64.7 Å². The highest BCUT2D eigenvalue weighted by molar-refractivity contribution is 6.30. The van der Waals surface area contributed by atoms with Gasteiger partial charge in [0.05, 0.1) is 12.6 Å². The number of rotatable bonds is 7. The topological polar surface area (TPSA) is 21.3 Å². The van der Waals surface area contributed by atoms with Crippen LogP contribution in [0.4, 0.5) is 0 Å². The summed E-state index contributed by atoms with van der Waals surface area (Å²) < 4.78 is 5.73. The highest BCUT2D eigenvalue weighted by Gasteiger charge is 2.13. The van der Waals surface area contributed by atoms with Gasteiger partial charge in [0.25, 0.3) is 0 Å². The van der Waals surface area contributed by atoms with E-state index < -0.39 is 0 Å². The molecule has 2 aromatic rings. The van der Waals surface area contributed by atoms with Gasteiger partial charge in [0.1, 0.15) is 5.75 Å². The zero-order valence-electron chi connectivity index (χ0n) is 12.6. The van der Waals surface area contributed by atoms with Crippen molar-refractivity contribution in [3.8, 4) is 5.75 Å². The fourth-order valence-corrected chi connectivity index (χ4v) is 2.42. The zero-order chi connectivity index (χ0) is 15.1. The Kier molecular flexibility index (Phi) is 6.09. The van der Waals surface area contributed by atoms with Crippen LogP contribution in [0.2, 0.25) is 5.02 Å². The summed E-state index contributed by atoms with van der Waals surface area (Å²) >= 11 is 5.98. The molecule has 1 atom stereocenters. The second kappa shape index (κ2) is 8.06. The fourth-order valence-electron chi connectivity index (χ4n) is 2.29. The number of ether oxygens (including phenoxy) is 1. The van der Waals surface area contributed by atoms with Crippen LogP contribution in [0.25, 0.3) is 0 Å². The number of nitrogens with one attached hydrogen (secondary N) is 1. The van der Waals surface area contributed by atoms with Gasteiger partial charge in [0.2, 0.25) is 0 Å². The minimum absolute atomic E-state index is 0.150. The summed E-state index contributed by atoms with van der Waals surface area (Å²) in [6, 6.07) is 16.4. The molecule has 0 amide bonds. The molecule has 1 N–H and O–H groups in total. The second-order valence-electron chi connectivity index (χ2n) is 4.96. The van der Waals surface area contributed by atoms with Gasteiger partial charge in [0.15, 0.2) is 0 Å². The highest BCUT2D eigenvalue weighted by Crippen LogP contribution is 2.26. The maximum absolute atomic E-state index is 5.98. The predicted molar refractivity (Wildman–Crippen MR) is 89.2 cm³/mol. The lowest BCUT2D eigenvalue weighted by atomic mass is 9.98. The Bertz CT molecular complexity index is 553. The van der Waals surface area contributed by atoms with E-state index in [1.165, 1.54) is 11.1 Å². The number of hydrogen-bond acceptors (Lipinski definition) is 2. The van der Waals surface area contributed by atoms with E-state index in [0.717, 1.165) is 30.3 Å². The molecular formula is C18H22ClNO. The number of hydrogen-bond donors (Lipinski definition) is 1. The Morgan fingerprint density at radius 1 is 1.05 bits per heavy atom. The summed E-state index contributed by atoms with van der Waals surface area (Å²) in [6.45, 7) is 5.86. The highest BCUT2D eigenvalue weighted by atomic mass is 35.5. The molecule has 0 bridgehead atoms. The maximum Gasteiger partial charge on any atom is 0.119 e. The van der Waals surface area contributed by atoms with Gasteiger partial charge in [0, 0.05) is 5.02 Å². The largest absolute Gasteiger partial charge is 0.494 e. The number of halogens is 1. The first-order valence-corrected chi connectivity index (χ1v) is 7.84. The predicted octanol–water partition coefficient (Wildman–Crippen LogP) is 4.83. The third-order valence-electron chi connectivity index (χ3n) is 3.28. The Labute approximate surface area is 132 Å². The van der Waals surface area contributed by atoms with Gasteiger partial charge in [-0.1, -0.05) is 49.7 Å². The van der Waals surface area contributed by atoms with E-state index in [1.807, 2.05) is 24.3 Å². The van der Waals surface area contributed by atoms with Crippen molar-refractivity contribution >= 4 is 11.6 Å². The van der Waals surface area contributed by atoms with E-state index in [-0.39, 0.29) is 6.04 Å². The SMILES string of the molecule is CCCOc1cccc(C(NCC)c2ccc(Cl)cc2)c1. The number of benzene rings is 2. The van der Waals surface area contributed by atoms with E-state index in [2.05, 4.69) is 43.4 Å². The van der Waals surface area contributed by atoms with Gasteiger partial charge >= 0.3 is 0 Å². The van der Waals surface area contributed by atoms with Crippen molar-refractivity contribution in [3.63, 3.8) is 0 Å². The van der Waals surface area contributed by atoms with E-state index in [4.69, 9.17) is 16.3 Å². The molecule has 0 aliphatic carbocycles. The van der Waals surface area contributed by atoms with Crippen molar-refractivity contribution in [2.45, 2.75) is 26.3 Å². The quantitative estimate of drug-likeness (QED) is 0.791. The molecule has 1 unspecified atom stereocenters. The van der Waals surface area contributed by atoms with Crippen LogP contribution >= 0.6 is 11.6 Å². The van der Waals surface area contributed by atoms with Gasteiger partial charge in [-0.05, 0) is 48.4 Å². The summed E-state index contributed by atoms with van der Waals surface area (Å²) in [5.74, 6) is 0.922. The van der Waals surface area contributed by atoms with Crippen LogP contribution in [0.1, 0.15) is 37.4 Å². The lowest BCUT2D eigenvalue weighted by Crippen LogP contribution is -2.21. The summed E-state index contributed by atoms with van der Waals surface area (Å²) in [7, 11) is 0. The molecule has 2 rings (SSSR count). The molecule has 112 valence electrons. The van der Waals surface area contributed by atoms with Gasteiger partial charge < -0.3 is 10.1 Å². The molecular weight excluding hydrogens is 282 g/mol. The van der Waals surface area contributed by atoms with Crippen LogP contribution < -0.4 is 10.1 Å². The van der Waals surface area contributed by atoms with Gasteiger partial charge in [-0.25, -0.2) is 0 Å². The average molecular weight is 304 g/mol. The lowest BCUT2D eigenvalue weighted by Gasteiger charge is -2.20. The van der Waals surface area contributed by atoms with Gasteiger partial charge in [-0.15, -0.1) is 0 Å². The Morgan fingerprint density at radius 3 is 2.48 bits per heavy atom. The van der Waals surface area contributed by atoms with Crippen LogP contribution in [0.3, 0.4) is 0 Å². The maximum atomic E-state index is 5.98. The van der Waals surface area contributed by atoms with Crippen molar-refractivity contribution in [2.24, 2.45) is 0 Å². The zero-order valence-corrected chi connectivity index (χ0v) is 13.4. The van der Waals surface area contributed by atoms with E-state index >= 15 is 0 Å². The third-order valence-corrected chi connectivity index (χ3v) is 3.53. The van der Waals surface area contributed by atoms with Crippen molar-refractivity contribution in [1.29, 1.82) is 0 Å². The second-order valence-corrected chi connectivity index (χ2v) is 5.40. The van der Waals surface area contributed by atoms with E-state index in [0.29, 0.717) is 0 Å². The minimum atomic E-state index is 0.150. The molecule has 0 aromatic heterocycles. The summed E-state index contributed by atoms with van der Waals surface area (Å²) in [5.41, 5.74) is 2.40. The van der Waals surface area contributed by atoms with Crippen LogP contribution in [0, 0.1) is 0 Å². The monoisotopic (exact) mass is 303 g/mol. The van der Waals surface area contributed by atoms with Crippen LogP contribution in [0.5, 0.6) is 5.75 Å². The summed E-state index contributed by atoms with van der Waals surface area (Å²) in [6.07, 6.45) is 1.01. The third kappa shape index (κ3) is 4.48. The normalized spacial score (nSPS) is 12.1. The van der Waals surface area contributed by atoms with Gasteiger partial charge in [-0.3, -0.25) is 0 Å². The summed E-state index contributed by atoms with van der Waals surface area (Å²) in [4.78, 5) is 0. The van der Waals surface area contributed by atoms with Crippen molar-refractivity contribution in [1.82, 2.24) is 5.32 Å². The van der Waals surface area contributed by atoms with Crippen LogP contribution in [-0.4, -0.2) is 13.2 Å². The molecule has 3 heteroatoms. The Balaban J connectivity index is 2.27. The molecule has 0 aliphatic rings. The smallest absolute Gasteiger partial charge is 0.119 e. The first-order chi connectivity index (χ1) is 10.2. The molecule has 0 spiro atoms. The molecule has 0 radical (unpaired) electrons. The molecule has 0 saturated heterocycles. The van der Waals surface area contributed by atoms with Crippen molar-refractivity contribution < 1.29 is 4.74 Å². The standard InChI is InChI=1S/C18H22ClNO/c1-3-12-21-17-7-5-6-15(13-17)18(20-4-2)14-8-10-16(19)11-9-14/h5-11,13,18,20H,3-4,12H2,1-2H3. The first kappa shape index (κ1) is 15.9. The van der Waals surface area contributed by atoms with Gasteiger partial charge in [-0.2, -0.15) is 0 Å². The van der Waals surface area contributed by atoms with Crippen LogP contribution in [0.15, 0.2) is 48.5 Å².